The predicted octanol–water partition coefficient (Wildman–Crippen LogP) is 2.41. The van der Waals surface area contributed by atoms with Gasteiger partial charge in [0, 0.05) is 18.9 Å². The second kappa shape index (κ2) is 6.44. The highest BCUT2D eigenvalue weighted by Crippen LogP contribution is 2.17. The van der Waals surface area contributed by atoms with E-state index in [9.17, 15) is 9.18 Å². The van der Waals surface area contributed by atoms with Crippen LogP contribution in [0.4, 0.5) is 10.1 Å². The molecule has 0 unspecified atom stereocenters. The molecule has 0 aliphatic rings. The van der Waals surface area contributed by atoms with E-state index in [2.05, 4.69) is 17.2 Å². The van der Waals surface area contributed by atoms with E-state index >= 15 is 0 Å². The molecule has 6 heteroatoms. The number of amides is 1. The Hall–Kier alpha value is -2.29. The molecule has 21 heavy (non-hydrogen) atoms. The first-order chi connectivity index (χ1) is 10.0. The van der Waals surface area contributed by atoms with Gasteiger partial charge in [0.05, 0.1) is 10.6 Å². The van der Waals surface area contributed by atoms with Crippen LogP contribution in [0.1, 0.15) is 16.1 Å². The molecule has 4 nitrogen and oxygen atoms in total. The number of anilines is 1. The number of aromatic nitrogens is 1. The number of halogens is 2. The van der Waals surface area contributed by atoms with Crippen LogP contribution in [0.15, 0.2) is 30.5 Å². The summed E-state index contributed by atoms with van der Waals surface area (Å²) in [5.74, 6) is 3.88. The first-order valence-electron chi connectivity index (χ1n) is 6.03. The fourth-order valence-electron chi connectivity index (χ4n) is 1.77. The van der Waals surface area contributed by atoms with Gasteiger partial charge in [0.1, 0.15) is 18.1 Å². The van der Waals surface area contributed by atoms with Crippen molar-refractivity contribution in [2.75, 3.05) is 11.9 Å². The van der Waals surface area contributed by atoms with Gasteiger partial charge < -0.3 is 15.0 Å². The average molecular weight is 307 g/mol. The van der Waals surface area contributed by atoms with E-state index in [1.165, 1.54) is 24.3 Å². The normalized spacial score (nSPS) is 9.90. The van der Waals surface area contributed by atoms with Gasteiger partial charge in [-0.2, -0.15) is 0 Å². The summed E-state index contributed by atoms with van der Waals surface area (Å²) >= 11 is 5.81. The van der Waals surface area contributed by atoms with Crippen LogP contribution in [0.3, 0.4) is 0 Å². The largest absolute Gasteiger partial charge is 0.384 e. The smallest absolute Gasteiger partial charge is 0.272 e. The predicted molar refractivity (Wildman–Crippen MR) is 78.7 cm³/mol. The third kappa shape index (κ3) is 3.63. The number of hydrogen-bond acceptors (Lipinski definition) is 2. The van der Waals surface area contributed by atoms with Crippen molar-refractivity contribution in [2.24, 2.45) is 7.05 Å². The Morgan fingerprint density at radius 2 is 2.24 bits per heavy atom. The monoisotopic (exact) mass is 306 g/mol. The minimum atomic E-state index is -0.571. The lowest BCUT2D eigenvalue weighted by Crippen LogP contribution is -2.15. The lowest BCUT2D eigenvalue weighted by Gasteiger charge is -2.06. The maximum atomic E-state index is 13.7. The summed E-state index contributed by atoms with van der Waals surface area (Å²) in [6, 6.07) is 5.66. The van der Waals surface area contributed by atoms with E-state index in [1.54, 1.807) is 17.8 Å². The Balaban J connectivity index is 2.18. The number of nitrogens with zero attached hydrogens (tertiary/aromatic N) is 1. The van der Waals surface area contributed by atoms with Gasteiger partial charge in [-0.25, -0.2) is 4.39 Å². The van der Waals surface area contributed by atoms with Crippen molar-refractivity contribution in [3.8, 4) is 11.8 Å². The van der Waals surface area contributed by atoms with E-state index in [0.717, 1.165) is 0 Å². The third-order valence-corrected chi connectivity index (χ3v) is 2.94. The summed E-state index contributed by atoms with van der Waals surface area (Å²) in [7, 11) is 1.69. The number of nitrogens with one attached hydrogen (secondary N) is 1. The average Bonchev–Trinajstić information content (AvgIpc) is 2.77. The fraction of sp³-hybridized carbons (Fsp3) is 0.133. The highest BCUT2D eigenvalue weighted by Gasteiger charge is 2.12. The Kier molecular flexibility index (Phi) is 4.63. The molecular weight excluding hydrogens is 295 g/mol. The molecule has 1 aromatic carbocycles. The van der Waals surface area contributed by atoms with Crippen LogP contribution in [0.25, 0.3) is 0 Å². The maximum absolute atomic E-state index is 13.7. The van der Waals surface area contributed by atoms with Gasteiger partial charge in [0.2, 0.25) is 0 Å². The maximum Gasteiger partial charge on any atom is 0.272 e. The molecule has 0 atom stereocenters. The van der Waals surface area contributed by atoms with Crippen LogP contribution in [-0.2, 0) is 7.05 Å². The van der Waals surface area contributed by atoms with Gasteiger partial charge in [0.25, 0.3) is 5.91 Å². The quantitative estimate of drug-likeness (QED) is 0.837. The van der Waals surface area contributed by atoms with Crippen LogP contribution < -0.4 is 5.32 Å². The first kappa shape index (κ1) is 15.1. The molecule has 0 bridgehead atoms. The van der Waals surface area contributed by atoms with Crippen LogP contribution in [-0.4, -0.2) is 22.2 Å². The van der Waals surface area contributed by atoms with Crippen molar-refractivity contribution in [1.82, 2.24) is 4.57 Å². The number of aryl methyl sites for hydroxylation is 1. The van der Waals surface area contributed by atoms with E-state index in [4.69, 9.17) is 16.7 Å². The minimum Gasteiger partial charge on any atom is -0.384 e. The molecule has 1 amide bonds. The molecule has 1 aromatic heterocycles. The summed E-state index contributed by atoms with van der Waals surface area (Å²) in [5, 5.41) is 11.6. The van der Waals surface area contributed by atoms with Gasteiger partial charge in [-0.3, -0.25) is 4.79 Å². The summed E-state index contributed by atoms with van der Waals surface area (Å²) in [6.45, 7) is -0.341. The Bertz CT molecular complexity index is 744. The topological polar surface area (TPSA) is 54.3 Å². The number of benzene rings is 1. The van der Waals surface area contributed by atoms with Crippen molar-refractivity contribution in [1.29, 1.82) is 0 Å². The molecule has 0 saturated carbocycles. The molecule has 1 heterocycles. The lowest BCUT2D eigenvalue weighted by atomic mass is 10.2. The highest BCUT2D eigenvalue weighted by atomic mass is 35.5. The molecule has 0 fully saturated rings. The van der Waals surface area contributed by atoms with Gasteiger partial charge >= 0.3 is 0 Å². The van der Waals surface area contributed by atoms with Gasteiger partial charge in [0.15, 0.2) is 0 Å². The number of rotatable bonds is 2. The molecular formula is C15H12ClFN2O2. The van der Waals surface area contributed by atoms with Gasteiger partial charge in [-0.1, -0.05) is 23.4 Å². The second-order valence-electron chi connectivity index (χ2n) is 4.26. The van der Waals surface area contributed by atoms with Crippen LogP contribution in [0.5, 0.6) is 0 Å². The third-order valence-electron chi connectivity index (χ3n) is 2.73. The van der Waals surface area contributed by atoms with E-state index in [0.29, 0.717) is 16.4 Å². The Morgan fingerprint density at radius 1 is 1.48 bits per heavy atom. The van der Waals surface area contributed by atoms with Crippen LogP contribution >= 0.6 is 11.6 Å². The van der Waals surface area contributed by atoms with E-state index < -0.39 is 11.7 Å². The number of carbonyl (C=O) groups excluding carboxylic acids is 1. The number of carbonyl (C=O) groups is 1. The number of aliphatic hydroxyl groups is 1. The van der Waals surface area contributed by atoms with Crippen molar-refractivity contribution in [3.05, 3.63) is 52.6 Å². The summed E-state index contributed by atoms with van der Waals surface area (Å²) in [4.78, 5) is 12.0. The molecule has 108 valence electrons. The second-order valence-corrected chi connectivity index (χ2v) is 4.70. The highest BCUT2D eigenvalue weighted by molar-refractivity contribution is 6.31. The first-order valence-corrected chi connectivity index (χ1v) is 6.41. The zero-order valence-corrected chi connectivity index (χ0v) is 11.9. The summed E-state index contributed by atoms with van der Waals surface area (Å²) < 4.78 is 15.3. The number of aliphatic hydroxyl groups excluding tert-OH is 1. The van der Waals surface area contributed by atoms with Gasteiger partial charge in [-0.15, -0.1) is 0 Å². The lowest BCUT2D eigenvalue weighted by molar-refractivity contribution is 0.101. The Morgan fingerprint density at radius 3 is 2.81 bits per heavy atom. The van der Waals surface area contributed by atoms with E-state index in [-0.39, 0.29) is 12.2 Å². The molecule has 2 rings (SSSR count). The molecule has 0 spiro atoms. The molecule has 0 aliphatic heterocycles. The van der Waals surface area contributed by atoms with Crippen molar-refractivity contribution < 1.29 is 14.3 Å². The molecule has 2 N–H and O–H groups in total. The summed E-state index contributed by atoms with van der Waals surface area (Å²) in [6.07, 6.45) is 1.60. The zero-order chi connectivity index (χ0) is 15.4. The molecule has 0 radical (unpaired) electrons. The molecule has 2 aromatic rings. The Labute approximate surface area is 126 Å². The van der Waals surface area contributed by atoms with Crippen molar-refractivity contribution in [3.63, 3.8) is 0 Å². The van der Waals surface area contributed by atoms with Gasteiger partial charge in [-0.05, 0) is 24.3 Å². The zero-order valence-electron chi connectivity index (χ0n) is 11.2. The van der Waals surface area contributed by atoms with E-state index in [1.807, 2.05) is 0 Å². The minimum absolute atomic E-state index is 0.156. The van der Waals surface area contributed by atoms with Crippen LogP contribution in [0.2, 0.25) is 5.02 Å². The molecule has 0 aliphatic carbocycles. The van der Waals surface area contributed by atoms with Crippen molar-refractivity contribution >= 4 is 23.2 Å². The number of hydrogen-bond donors (Lipinski definition) is 2. The fourth-order valence-corrected chi connectivity index (χ4v) is 2.02. The standard InChI is InChI=1S/C15H12ClFN2O2/c1-19-9-11(16)7-14(19)15(21)18-12-5-4-10(3-2-6-20)13(17)8-12/h4-5,7-9,20H,6H2,1H3,(H,18,21). The van der Waals surface area contributed by atoms with Crippen LogP contribution in [0, 0.1) is 17.7 Å². The summed E-state index contributed by atoms with van der Waals surface area (Å²) in [5.41, 5.74) is 0.831. The van der Waals surface area contributed by atoms with Crippen molar-refractivity contribution in [2.45, 2.75) is 0 Å². The SMILES string of the molecule is Cn1cc(Cl)cc1C(=O)Nc1ccc(C#CCO)c(F)c1. The molecule has 0 saturated heterocycles.